The number of rotatable bonds is 6. The maximum absolute atomic E-state index is 12.4. The van der Waals surface area contributed by atoms with Gasteiger partial charge in [0.25, 0.3) is 0 Å². The standard InChI is InChI=1S/C22H22N2O4/c1-2-24-10-9-15-13-17(4-5-18(15)24)23-22(26)8-6-19(25)16-3-7-20-21(14-16)28-12-11-27-20/h3-5,7,9-10,13-14H,2,6,8,11-12H2,1H3,(H,23,26). The average molecular weight is 378 g/mol. The van der Waals surface area contributed by atoms with Gasteiger partial charge >= 0.3 is 0 Å². The number of nitrogens with zero attached hydrogens (tertiary/aromatic N) is 1. The van der Waals surface area contributed by atoms with Crippen LogP contribution in [0.5, 0.6) is 11.5 Å². The zero-order chi connectivity index (χ0) is 19.5. The summed E-state index contributed by atoms with van der Waals surface area (Å²) in [4.78, 5) is 24.7. The van der Waals surface area contributed by atoms with E-state index in [0.717, 1.165) is 23.1 Å². The minimum atomic E-state index is -0.180. The third-order valence-corrected chi connectivity index (χ3v) is 4.84. The Labute approximate surface area is 163 Å². The van der Waals surface area contributed by atoms with Crippen LogP contribution in [0.2, 0.25) is 0 Å². The molecule has 1 aliphatic heterocycles. The zero-order valence-electron chi connectivity index (χ0n) is 15.7. The van der Waals surface area contributed by atoms with Gasteiger partial charge in [-0.05, 0) is 49.4 Å². The lowest BCUT2D eigenvalue weighted by Crippen LogP contribution is -2.16. The van der Waals surface area contributed by atoms with Crippen molar-refractivity contribution in [1.29, 1.82) is 0 Å². The number of hydrogen-bond donors (Lipinski definition) is 1. The summed E-state index contributed by atoms with van der Waals surface area (Å²) in [6.45, 7) is 3.97. The molecule has 1 aliphatic rings. The Kier molecular flexibility index (Phi) is 5.02. The van der Waals surface area contributed by atoms with Crippen LogP contribution in [0.3, 0.4) is 0 Å². The highest BCUT2D eigenvalue weighted by molar-refractivity contribution is 6.01. The fraction of sp³-hybridized carbons (Fsp3) is 0.273. The molecule has 6 nitrogen and oxygen atoms in total. The van der Waals surface area contributed by atoms with Crippen molar-refractivity contribution >= 4 is 28.3 Å². The minimum absolute atomic E-state index is 0.0948. The number of carbonyl (C=O) groups excluding carboxylic acids is 2. The highest BCUT2D eigenvalue weighted by Crippen LogP contribution is 2.31. The predicted octanol–water partition coefficient (Wildman–Crippen LogP) is 4.03. The highest BCUT2D eigenvalue weighted by Gasteiger charge is 2.16. The molecule has 0 fully saturated rings. The lowest BCUT2D eigenvalue weighted by Gasteiger charge is -2.18. The summed E-state index contributed by atoms with van der Waals surface area (Å²) in [6.07, 6.45) is 2.30. The van der Waals surface area contributed by atoms with E-state index in [-0.39, 0.29) is 24.5 Å². The lowest BCUT2D eigenvalue weighted by molar-refractivity contribution is -0.116. The van der Waals surface area contributed by atoms with Gasteiger partial charge in [0.05, 0.1) is 0 Å². The zero-order valence-corrected chi connectivity index (χ0v) is 15.7. The van der Waals surface area contributed by atoms with Gasteiger partial charge in [-0.25, -0.2) is 0 Å². The van der Waals surface area contributed by atoms with Crippen LogP contribution in [0.1, 0.15) is 30.1 Å². The van der Waals surface area contributed by atoms with Gasteiger partial charge in [0, 0.05) is 47.7 Å². The van der Waals surface area contributed by atoms with Crippen LogP contribution in [0.15, 0.2) is 48.7 Å². The predicted molar refractivity (Wildman–Crippen MR) is 107 cm³/mol. The van der Waals surface area contributed by atoms with Gasteiger partial charge in [0.2, 0.25) is 5.91 Å². The molecule has 0 atom stereocenters. The third kappa shape index (κ3) is 3.71. The van der Waals surface area contributed by atoms with Gasteiger partial charge in [-0.3, -0.25) is 9.59 Å². The monoisotopic (exact) mass is 378 g/mol. The number of anilines is 1. The van der Waals surface area contributed by atoms with Gasteiger partial charge in [-0.15, -0.1) is 0 Å². The molecule has 0 bridgehead atoms. The molecule has 0 spiro atoms. The fourth-order valence-electron chi connectivity index (χ4n) is 3.37. The molecule has 4 rings (SSSR count). The van der Waals surface area contributed by atoms with Gasteiger partial charge in [0.15, 0.2) is 17.3 Å². The summed E-state index contributed by atoms with van der Waals surface area (Å²) in [7, 11) is 0. The number of ether oxygens (including phenoxy) is 2. The van der Waals surface area contributed by atoms with E-state index in [4.69, 9.17) is 9.47 Å². The van der Waals surface area contributed by atoms with Crippen LogP contribution in [-0.2, 0) is 11.3 Å². The summed E-state index contributed by atoms with van der Waals surface area (Å²) in [5.41, 5.74) is 2.40. The van der Waals surface area contributed by atoms with Gasteiger partial charge in [0.1, 0.15) is 13.2 Å². The highest BCUT2D eigenvalue weighted by atomic mass is 16.6. The number of aryl methyl sites for hydroxylation is 1. The van der Waals surface area contributed by atoms with Crippen molar-refractivity contribution in [3.05, 3.63) is 54.2 Å². The van der Waals surface area contributed by atoms with Crippen molar-refractivity contribution < 1.29 is 19.1 Å². The average Bonchev–Trinajstić information content (AvgIpc) is 3.14. The molecule has 1 amide bonds. The first-order chi connectivity index (χ1) is 13.6. The van der Waals surface area contributed by atoms with Crippen LogP contribution in [0.25, 0.3) is 10.9 Å². The maximum atomic E-state index is 12.4. The van der Waals surface area contributed by atoms with E-state index in [9.17, 15) is 9.59 Å². The number of Topliss-reactive ketones (excluding diaryl/α,β-unsaturated/α-hetero) is 1. The second-order valence-corrected chi connectivity index (χ2v) is 6.71. The molecular weight excluding hydrogens is 356 g/mol. The van der Waals surface area contributed by atoms with Crippen molar-refractivity contribution in [2.24, 2.45) is 0 Å². The molecule has 1 aromatic heterocycles. The molecule has 1 N–H and O–H groups in total. The third-order valence-electron chi connectivity index (χ3n) is 4.84. The first-order valence-electron chi connectivity index (χ1n) is 9.45. The number of fused-ring (bicyclic) bond motifs is 2. The number of hydrogen-bond acceptors (Lipinski definition) is 4. The van der Waals surface area contributed by atoms with E-state index in [1.165, 1.54) is 0 Å². The van der Waals surface area contributed by atoms with Crippen molar-refractivity contribution in [3.63, 3.8) is 0 Å². The van der Waals surface area contributed by atoms with Gasteiger partial charge in [-0.1, -0.05) is 0 Å². The number of amides is 1. The minimum Gasteiger partial charge on any atom is -0.486 e. The van der Waals surface area contributed by atoms with Crippen LogP contribution in [0, 0.1) is 0 Å². The normalized spacial score (nSPS) is 12.8. The van der Waals surface area contributed by atoms with E-state index in [0.29, 0.717) is 30.3 Å². The maximum Gasteiger partial charge on any atom is 0.224 e. The number of carbonyl (C=O) groups is 2. The summed E-state index contributed by atoms with van der Waals surface area (Å²) in [5.74, 6) is 0.949. The second kappa shape index (κ2) is 7.76. The number of ketones is 1. The molecular formula is C22H22N2O4. The van der Waals surface area contributed by atoms with Crippen LogP contribution in [-0.4, -0.2) is 29.5 Å². The van der Waals surface area contributed by atoms with E-state index in [1.54, 1.807) is 18.2 Å². The van der Waals surface area contributed by atoms with Crippen molar-refractivity contribution in [2.45, 2.75) is 26.3 Å². The molecule has 0 unspecified atom stereocenters. The molecule has 2 heterocycles. The van der Waals surface area contributed by atoms with E-state index in [2.05, 4.69) is 16.8 Å². The molecule has 28 heavy (non-hydrogen) atoms. The number of aromatic nitrogens is 1. The Morgan fingerprint density at radius 3 is 2.64 bits per heavy atom. The van der Waals surface area contributed by atoms with Crippen LogP contribution >= 0.6 is 0 Å². The molecule has 6 heteroatoms. The summed E-state index contributed by atoms with van der Waals surface area (Å²) < 4.78 is 13.1. The molecule has 0 saturated carbocycles. The molecule has 0 saturated heterocycles. The van der Waals surface area contributed by atoms with Crippen molar-refractivity contribution in [2.75, 3.05) is 18.5 Å². The van der Waals surface area contributed by atoms with Gasteiger partial charge in [-0.2, -0.15) is 0 Å². The van der Waals surface area contributed by atoms with Crippen molar-refractivity contribution in [1.82, 2.24) is 4.57 Å². The fourth-order valence-corrected chi connectivity index (χ4v) is 3.37. The number of benzene rings is 2. The topological polar surface area (TPSA) is 69.6 Å². The van der Waals surface area contributed by atoms with E-state index >= 15 is 0 Å². The second-order valence-electron chi connectivity index (χ2n) is 6.71. The summed E-state index contributed by atoms with van der Waals surface area (Å²) in [5, 5.41) is 3.95. The van der Waals surface area contributed by atoms with Crippen molar-refractivity contribution in [3.8, 4) is 11.5 Å². The summed E-state index contributed by atoms with van der Waals surface area (Å²) >= 11 is 0. The smallest absolute Gasteiger partial charge is 0.224 e. The Hall–Kier alpha value is -3.28. The summed E-state index contributed by atoms with van der Waals surface area (Å²) in [6, 6.07) is 13.0. The Morgan fingerprint density at radius 1 is 1.00 bits per heavy atom. The largest absolute Gasteiger partial charge is 0.486 e. The molecule has 3 aromatic rings. The Balaban J connectivity index is 1.36. The SMILES string of the molecule is CCn1ccc2cc(NC(=O)CCC(=O)c3ccc4c(c3)OCCO4)ccc21. The van der Waals surface area contributed by atoms with Crippen LogP contribution in [0.4, 0.5) is 5.69 Å². The quantitative estimate of drug-likeness (QED) is 0.658. The molecule has 0 radical (unpaired) electrons. The molecule has 144 valence electrons. The Morgan fingerprint density at radius 2 is 1.82 bits per heavy atom. The first-order valence-corrected chi connectivity index (χ1v) is 9.45. The first kappa shape index (κ1) is 18.1. The van der Waals surface area contributed by atoms with Gasteiger partial charge < -0.3 is 19.4 Å². The van der Waals surface area contributed by atoms with Crippen LogP contribution < -0.4 is 14.8 Å². The lowest BCUT2D eigenvalue weighted by atomic mass is 10.1. The van der Waals surface area contributed by atoms with E-state index < -0.39 is 0 Å². The Bertz CT molecular complexity index is 1040. The molecule has 2 aromatic carbocycles. The molecule has 0 aliphatic carbocycles. The van der Waals surface area contributed by atoms with E-state index in [1.807, 2.05) is 30.5 Å². The number of nitrogens with one attached hydrogen (secondary N) is 1.